The Kier molecular flexibility index (Phi) is 22.1. The van der Waals surface area contributed by atoms with Crippen LogP contribution >= 0.6 is 0 Å². The van der Waals surface area contributed by atoms with Crippen molar-refractivity contribution < 1.29 is 88.2 Å². The van der Waals surface area contributed by atoms with Crippen molar-refractivity contribution in [3.63, 3.8) is 0 Å². The molecule has 3 aromatic carbocycles. The van der Waals surface area contributed by atoms with Gasteiger partial charge in [0.1, 0.15) is 22.9 Å². The van der Waals surface area contributed by atoms with E-state index in [4.69, 9.17) is 18.9 Å². The van der Waals surface area contributed by atoms with E-state index in [0.29, 0.717) is 179 Å². The normalized spacial score (nSPS) is 18.6. The summed E-state index contributed by atoms with van der Waals surface area (Å²) in [6, 6.07) is 23.3. The highest BCUT2D eigenvalue weighted by Gasteiger charge is 2.61. The molecule has 3 spiro atoms. The van der Waals surface area contributed by atoms with Gasteiger partial charge in [-0.1, -0.05) is 19.4 Å². The highest BCUT2D eigenvalue weighted by atomic mass is 19.4. The second-order valence-corrected chi connectivity index (χ2v) is 28.3. The monoisotopic (exact) mass is 1450 g/mol. The minimum Gasteiger partial charge on any atom is -0.496 e. The molecule has 6 aliphatic heterocycles. The summed E-state index contributed by atoms with van der Waals surface area (Å²) in [4.78, 5) is 51.2. The Morgan fingerprint density at radius 1 is 0.490 bits per heavy atom. The van der Waals surface area contributed by atoms with Crippen LogP contribution in [-0.2, 0) is 60.1 Å². The lowest BCUT2D eigenvalue weighted by molar-refractivity contribution is -0.292. The predicted octanol–water partition coefficient (Wildman–Crippen LogP) is 14.2. The molecule has 0 saturated carbocycles. The number of carbonyl (C=O) groups is 3. The summed E-state index contributed by atoms with van der Waals surface area (Å²) < 4.78 is 175. The lowest BCUT2D eigenvalue weighted by atomic mass is 9.81. The number of fused-ring (bicyclic) bond motifs is 6. The number of amides is 3. The molecule has 17 nitrogen and oxygen atoms in total. The fourth-order valence-corrected chi connectivity index (χ4v) is 15.7. The number of likely N-dealkylation sites (tertiary alicyclic amines) is 3. The van der Waals surface area contributed by atoms with Crippen LogP contribution in [0.5, 0.6) is 23.0 Å². The molecule has 3 amide bonds. The molecule has 28 heteroatoms. The Morgan fingerprint density at radius 3 is 1.21 bits per heavy atom. The Labute approximate surface area is 589 Å². The zero-order valence-electron chi connectivity index (χ0n) is 59.6. The van der Waals surface area contributed by atoms with Gasteiger partial charge in [-0.3, -0.25) is 29.1 Å². The van der Waals surface area contributed by atoms with Crippen LogP contribution in [0, 0.1) is 6.92 Å². The maximum Gasteiger partial charge on any atom is 0.459 e. The molecule has 9 heterocycles. The first-order valence-electron chi connectivity index (χ1n) is 34.6. The zero-order valence-corrected chi connectivity index (χ0v) is 59.6. The number of aliphatic hydroxyl groups is 1. The lowest BCUT2D eigenvalue weighted by Crippen LogP contribution is -2.57. The van der Waals surface area contributed by atoms with E-state index in [9.17, 15) is 67.8 Å². The van der Waals surface area contributed by atoms with Gasteiger partial charge in [0.25, 0.3) is 17.7 Å². The van der Waals surface area contributed by atoms with Crippen molar-refractivity contribution in [3.05, 3.63) is 153 Å². The van der Waals surface area contributed by atoms with Crippen molar-refractivity contribution >= 4 is 17.7 Å². The molecule has 6 aliphatic rings. The summed E-state index contributed by atoms with van der Waals surface area (Å²) in [7, 11) is 8.82. The van der Waals surface area contributed by atoms with Gasteiger partial charge in [-0.2, -0.15) is 48.3 Å². The number of alkyl halides is 11. The number of aryl methyl sites for hydroxylation is 1. The van der Waals surface area contributed by atoms with E-state index in [1.807, 2.05) is 46.8 Å². The van der Waals surface area contributed by atoms with E-state index < -0.39 is 63.8 Å². The molecular weight excluding hydrogens is 1350 g/mol. The first-order chi connectivity index (χ1) is 47.9. The smallest absolute Gasteiger partial charge is 0.459 e. The van der Waals surface area contributed by atoms with Crippen LogP contribution in [0.15, 0.2) is 91.0 Å². The number of ether oxygens (including phenoxy) is 4. The Morgan fingerprint density at radius 2 is 0.853 bits per heavy atom. The highest BCUT2D eigenvalue weighted by molar-refractivity contribution is 5.96. The summed E-state index contributed by atoms with van der Waals surface area (Å²) in [5, 5.41) is 10.3. The fourth-order valence-electron chi connectivity index (χ4n) is 15.7. The molecule has 0 radical (unpaired) electrons. The first-order valence-corrected chi connectivity index (χ1v) is 34.6. The van der Waals surface area contributed by atoms with E-state index in [1.54, 1.807) is 102 Å². The number of rotatable bonds is 13. The third-order valence-electron chi connectivity index (χ3n) is 21.5. The van der Waals surface area contributed by atoms with Gasteiger partial charge in [-0.15, -0.1) is 0 Å². The van der Waals surface area contributed by atoms with Crippen LogP contribution in [0.1, 0.15) is 164 Å². The number of nitrogens with zero attached hydrogens (tertiary/aromatic N) is 9. The third-order valence-corrected chi connectivity index (χ3v) is 21.5. The second kappa shape index (κ2) is 29.4. The molecule has 1 N–H and O–H groups in total. The molecule has 560 valence electrons. The number of halogens is 11. The van der Waals surface area contributed by atoms with Crippen LogP contribution < -0.4 is 18.9 Å². The predicted molar refractivity (Wildman–Crippen MR) is 362 cm³/mol. The van der Waals surface area contributed by atoms with Crippen molar-refractivity contribution in [1.82, 2.24) is 43.1 Å². The molecule has 0 aliphatic carbocycles. The van der Waals surface area contributed by atoms with E-state index in [-0.39, 0.29) is 31.8 Å². The number of likely N-dealkylation sites (N-methyl/N-ethyl adjacent to an activating group) is 3. The number of hydrogen-bond acceptors (Lipinski definition) is 11. The van der Waals surface area contributed by atoms with Crippen LogP contribution in [-0.4, -0.2) is 179 Å². The van der Waals surface area contributed by atoms with Crippen LogP contribution in [0.25, 0.3) is 0 Å². The molecule has 3 saturated heterocycles. The van der Waals surface area contributed by atoms with Crippen molar-refractivity contribution in [2.45, 2.75) is 165 Å². The van der Waals surface area contributed by atoms with Gasteiger partial charge in [-0.05, 0) is 191 Å². The SMILES string of the molecule is CCCCOc1cc(C(=O)N2CCC3(CC2)c2ccc(C(F)(F)F)n2CCN3C)ccc1OC.COc1cc(C(=O)N2CCC3(CC2)c2ccc(C(F)(F)F)n2CCN3C)ccc1C(C)(C)O.Cc1cc(C(=O)N2CCC3(CC2)c2ccc(C(F)(F)C(F)(F)F)n2CCN3C)ccc1OC(C)C.[HH]. The lowest BCUT2D eigenvalue weighted by Gasteiger charge is -2.50. The van der Waals surface area contributed by atoms with Gasteiger partial charge in [0.05, 0.1) is 54.8 Å². The second-order valence-electron chi connectivity index (χ2n) is 28.3. The number of hydrogen-bond donors (Lipinski definition) is 1. The Hall–Kier alpha value is -7.82. The summed E-state index contributed by atoms with van der Waals surface area (Å²) in [6.45, 7) is 16.2. The first kappa shape index (κ1) is 76.8. The topological polar surface area (TPSA) is 143 Å². The number of methoxy groups -OCH3 is 2. The van der Waals surface area contributed by atoms with E-state index in [1.165, 1.54) is 34.4 Å². The van der Waals surface area contributed by atoms with Gasteiger partial charge < -0.3 is 52.5 Å². The molecule has 3 fully saturated rings. The minimum absolute atomic E-state index is 0. The summed E-state index contributed by atoms with van der Waals surface area (Å²) in [5.74, 6) is -3.07. The van der Waals surface area contributed by atoms with Gasteiger partial charge in [0.15, 0.2) is 11.5 Å². The third kappa shape index (κ3) is 14.8. The number of piperidine rings is 3. The molecule has 12 rings (SSSR count). The number of aromatic nitrogens is 3. The maximum absolute atomic E-state index is 14.2. The molecule has 0 unspecified atom stereocenters. The van der Waals surface area contributed by atoms with Crippen molar-refractivity contribution in [2.24, 2.45) is 0 Å². The highest BCUT2D eigenvalue weighted by Crippen LogP contribution is 2.50. The van der Waals surface area contributed by atoms with Crippen LogP contribution in [0.4, 0.5) is 48.3 Å². The molecule has 102 heavy (non-hydrogen) atoms. The maximum atomic E-state index is 14.2. The number of unbranched alkanes of at least 4 members (excludes halogenated alkanes) is 1. The summed E-state index contributed by atoms with van der Waals surface area (Å²) >= 11 is 0. The molecule has 3 aromatic heterocycles. The van der Waals surface area contributed by atoms with Gasteiger partial charge in [-0.25, -0.2) is 0 Å². The van der Waals surface area contributed by atoms with E-state index in [2.05, 4.69) is 16.7 Å². The van der Waals surface area contributed by atoms with Crippen molar-refractivity contribution in [2.75, 3.05) is 101 Å². The quantitative estimate of drug-likeness (QED) is 0.0872. The van der Waals surface area contributed by atoms with Crippen LogP contribution in [0.2, 0.25) is 0 Å². The molecule has 0 bridgehead atoms. The van der Waals surface area contributed by atoms with Gasteiger partial charge >= 0.3 is 24.5 Å². The Balaban J connectivity index is 0.000000179. The average molecular weight is 1450 g/mol. The standard InChI is InChI=1S/C25H30F5N3O2.C25H32F3N3O3.C24H30F3N3O3.H2/c1-16(2)35-19-6-5-18(15-17(19)3)22(34)32-11-9-23(10-12-32)20-7-8-21(24(26,27)25(28,29)30)33(20)14-13-31(23)4;1-4-5-16-34-20-17-18(6-7-19(20)33-3)23(32)30-12-10-24(11-13-30)21-8-9-22(25(26,27)28)31(21)15-14-29(24)2;1-22(2,32)17-6-5-16(15-18(17)33-4)21(31)29-11-9-23(10-12-29)19-7-8-20(24(25,26)27)30(19)14-13-28(23)3;/h5-8,15-16H,9-14H2,1-4H3;6-9,17H,4-5,10-16H2,1-3H3;5-8,15,32H,9-14H2,1-4H3;1H. The van der Waals surface area contributed by atoms with E-state index in [0.717, 1.165) is 29.0 Å². The van der Waals surface area contributed by atoms with Gasteiger partial charge in [0.2, 0.25) is 0 Å². The average Bonchev–Trinajstić information content (AvgIpc) is 1.67. The fraction of sp³-hybridized carbons (Fsp3) is 0.554. The molecule has 0 atom stereocenters. The van der Waals surface area contributed by atoms with Gasteiger partial charge in [0, 0.05) is 119 Å². The summed E-state index contributed by atoms with van der Waals surface area (Å²) in [6.07, 6.45) is -9.39. The molecular formula is C74H94F11N9O8. The summed E-state index contributed by atoms with van der Waals surface area (Å²) in [5.41, 5.74) is -0.332. The van der Waals surface area contributed by atoms with Crippen LogP contribution in [0.3, 0.4) is 0 Å². The zero-order chi connectivity index (χ0) is 74.5. The minimum atomic E-state index is -5.66. The number of benzene rings is 3. The largest absolute Gasteiger partial charge is 0.496 e. The van der Waals surface area contributed by atoms with E-state index >= 15 is 0 Å². The van der Waals surface area contributed by atoms with Crippen molar-refractivity contribution in [3.8, 4) is 23.0 Å². The molecule has 6 aromatic rings. The number of carbonyl (C=O) groups excluding carboxylic acids is 3. The van der Waals surface area contributed by atoms with Crippen molar-refractivity contribution in [1.29, 1.82) is 0 Å². The Bertz CT molecular complexity index is 3980.